The maximum absolute atomic E-state index is 13.2. The molecule has 1 aromatic heterocycles. The van der Waals surface area contributed by atoms with E-state index in [1.165, 1.54) is 0 Å². The molecule has 154 valence electrons. The lowest BCUT2D eigenvalue weighted by Gasteiger charge is -2.37. The number of fused-ring (bicyclic) bond motifs is 2. The van der Waals surface area contributed by atoms with Gasteiger partial charge in [0, 0.05) is 30.1 Å². The Morgan fingerprint density at radius 3 is 2.77 bits per heavy atom. The summed E-state index contributed by atoms with van der Waals surface area (Å²) < 4.78 is 29.5. The summed E-state index contributed by atoms with van der Waals surface area (Å²) in [5.74, 6) is -0.195. The topological polar surface area (TPSA) is 96.7 Å². The SMILES string of the molecule is O=C(c1cccc(-c2cc3ccccc3oc2=O)c1)N1CCN[C@@H]2CS(=O)(=O)C[C@@H]21. The van der Waals surface area contributed by atoms with Crippen LogP contribution in [0, 0.1) is 0 Å². The molecule has 0 radical (unpaired) electrons. The van der Waals surface area contributed by atoms with Crippen molar-refractivity contribution in [1.29, 1.82) is 0 Å². The molecule has 2 aliphatic heterocycles. The van der Waals surface area contributed by atoms with Gasteiger partial charge in [-0.2, -0.15) is 0 Å². The number of nitrogens with zero attached hydrogens (tertiary/aromatic N) is 1. The number of nitrogens with one attached hydrogen (secondary N) is 1. The molecular formula is C22H20N2O5S. The van der Waals surface area contributed by atoms with Gasteiger partial charge < -0.3 is 14.6 Å². The summed E-state index contributed by atoms with van der Waals surface area (Å²) >= 11 is 0. The van der Waals surface area contributed by atoms with Crippen molar-refractivity contribution >= 4 is 26.7 Å². The van der Waals surface area contributed by atoms with Gasteiger partial charge in [0.25, 0.3) is 5.91 Å². The van der Waals surface area contributed by atoms with Crippen molar-refractivity contribution in [3.8, 4) is 11.1 Å². The highest BCUT2D eigenvalue weighted by atomic mass is 32.2. The van der Waals surface area contributed by atoms with E-state index in [1.807, 2.05) is 12.1 Å². The van der Waals surface area contributed by atoms with E-state index in [0.717, 1.165) is 5.39 Å². The minimum Gasteiger partial charge on any atom is -0.422 e. The lowest BCUT2D eigenvalue weighted by molar-refractivity contribution is 0.0621. The summed E-state index contributed by atoms with van der Waals surface area (Å²) in [7, 11) is -3.17. The Balaban J connectivity index is 1.50. The third-order valence-corrected chi connectivity index (χ3v) is 7.52. The lowest BCUT2D eigenvalue weighted by Crippen LogP contribution is -2.59. The van der Waals surface area contributed by atoms with E-state index >= 15 is 0 Å². The van der Waals surface area contributed by atoms with Crippen molar-refractivity contribution in [2.24, 2.45) is 0 Å². The van der Waals surface area contributed by atoms with Crippen LogP contribution in [0.4, 0.5) is 0 Å². The van der Waals surface area contributed by atoms with Crippen LogP contribution >= 0.6 is 0 Å². The van der Waals surface area contributed by atoms with Gasteiger partial charge in [-0.25, -0.2) is 13.2 Å². The maximum atomic E-state index is 13.2. The summed E-state index contributed by atoms with van der Waals surface area (Å²) in [5, 5.41) is 4.00. The molecule has 5 rings (SSSR count). The van der Waals surface area contributed by atoms with Crippen LogP contribution in [0.1, 0.15) is 10.4 Å². The molecule has 0 saturated carbocycles. The fourth-order valence-corrected chi connectivity index (χ4v) is 6.32. The van der Waals surface area contributed by atoms with Crippen LogP contribution in [0.5, 0.6) is 0 Å². The van der Waals surface area contributed by atoms with Crippen LogP contribution in [0.15, 0.2) is 63.8 Å². The van der Waals surface area contributed by atoms with Crippen LogP contribution in [-0.2, 0) is 9.84 Å². The van der Waals surface area contributed by atoms with Gasteiger partial charge >= 0.3 is 5.63 Å². The van der Waals surface area contributed by atoms with Crippen molar-refractivity contribution < 1.29 is 17.6 Å². The van der Waals surface area contributed by atoms with E-state index in [2.05, 4.69) is 5.32 Å². The van der Waals surface area contributed by atoms with Gasteiger partial charge in [0.2, 0.25) is 0 Å². The molecule has 3 aromatic rings. The van der Waals surface area contributed by atoms with Crippen molar-refractivity contribution in [3.05, 3.63) is 70.6 Å². The standard InChI is InChI=1S/C22H20N2O5S/c25-21(24-9-8-23-18-12-30(27,28)13-19(18)24)16-6-3-5-14(10-16)17-11-15-4-1-2-7-20(15)29-22(17)26/h1-7,10-11,18-19,23H,8-9,12-13H2/t18-,19+/m1/s1. The number of benzene rings is 2. The van der Waals surface area contributed by atoms with Gasteiger partial charge in [-0.1, -0.05) is 30.3 Å². The molecule has 0 aliphatic carbocycles. The second-order valence-electron chi connectivity index (χ2n) is 7.77. The molecule has 8 heteroatoms. The van der Waals surface area contributed by atoms with E-state index in [9.17, 15) is 18.0 Å². The smallest absolute Gasteiger partial charge is 0.344 e. The quantitative estimate of drug-likeness (QED) is 0.629. The van der Waals surface area contributed by atoms with E-state index < -0.39 is 15.5 Å². The summed E-state index contributed by atoms with van der Waals surface area (Å²) in [6.45, 7) is 0.994. The summed E-state index contributed by atoms with van der Waals surface area (Å²) in [6.07, 6.45) is 0. The lowest BCUT2D eigenvalue weighted by atomic mass is 10.0. The Bertz CT molecular complexity index is 1310. The summed E-state index contributed by atoms with van der Waals surface area (Å²) in [4.78, 5) is 27.4. The van der Waals surface area contributed by atoms with Crippen LogP contribution in [0.3, 0.4) is 0 Å². The number of hydrogen-bond acceptors (Lipinski definition) is 6. The Morgan fingerprint density at radius 2 is 1.90 bits per heavy atom. The van der Waals surface area contributed by atoms with E-state index in [0.29, 0.717) is 35.4 Å². The van der Waals surface area contributed by atoms with Gasteiger partial charge in [-0.05, 0) is 29.8 Å². The molecule has 1 amide bonds. The number of carbonyl (C=O) groups excluding carboxylic acids is 1. The van der Waals surface area contributed by atoms with E-state index in [4.69, 9.17) is 4.42 Å². The predicted molar refractivity (Wildman–Crippen MR) is 113 cm³/mol. The van der Waals surface area contributed by atoms with Gasteiger partial charge in [-0.15, -0.1) is 0 Å². The monoisotopic (exact) mass is 424 g/mol. The molecular weight excluding hydrogens is 404 g/mol. The van der Waals surface area contributed by atoms with Crippen molar-refractivity contribution in [1.82, 2.24) is 10.2 Å². The number of carbonyl (C=O) groups is 1. The largest absolute Gasteiger partial charge is 0.422 e. The molecule has 0 bridgehead atoms. The highest BCUT2D eigenvalue weighted by Crippen LogP contribution is 2.26. The Hall–Kier alpha value is -2.97. The molecule has 7 nitrogen and oxygen atoms in total. The van der Waals surface area contributed by atoms with Gasteiger partial charge in [0.1, 0.15) is 5.58 Å². The molecule has 2 fully saturated rings. The third-order valence-electron chi connectivity index (χ3n) is 5.81. The minimum atomic E-state index is -3.17. The Morgan fingerprint density at radius 1 is 1.07 bits per heavy atom. The summed E-state index contributed by atoms with van der Waals surface area (Å²) in [6, 6.07) is 15.3. The van der Waals surface area contributed by atoms with Gasteiger partial charge in [0.05, 0.1) is 23.1 Å². The Labute approximate surface area is 173 Å². The van der Waals surface area contributed by atoms with Crippen LogP contribution in [-0.4, -0.2) is 55.9 Å². The molecule has 0 spiro atoms. The van der Waals surface area contributed by atoms with Crippen LogP contribution in [0.25, 0.3) is 22.1 Å². The number of hydrogen-bond donors (Lipinski definition) is 1. The number of piperazine rings is 1. The maximum Gasteiger partial charge on any atom is 0.344 e. The molecule has 1 N–H and O–H groups in total. The molecule has 0 unspecified atom stereocenters. The van der Waals surface area contributed by atoms with E-state index in [1.54, 1.807) is 47.4 Å². The molecule has 2 aliphatic rings. The molecule has 2 saturated heterocycles. The summed E-state index contributed by atoms with van der Waals surface area (Å²) in [5.41, 5.74) is 1.43. The van der Waals surface area contributed by atoms with Crippen LogP contribution in [0.2, 0.25) is 0 Å². The van der Waals surface area contributed by atoms with Crippen molar-refractivity contribution in [2.75, 3.05) is 24.6 Å². The second-order valence-corrected chi connectivity index (χ2v) is 9.92. The highest BCUT2D eigenvalue weighted by Gasteiger charge is 2.44. The minimum absolute atomic E-state index is 0.0235. The predicted octanol–water partition coefficient (Wildman–Crippen LogP) is 1.67. The molecule has 30 heavy (non-hydrogen) atoms. The number of rotatable bonds is 2. The third kappa shape index (κ3) is 3.32. The average molecular weight is 424 g/mol. The molecule has 3 heterocycles. The second kappa shape index (κ2) is 7.07. The highest BCUT2D eigenvalue weighted by molar-refractivity contribution is 7.91. The first kappa shape index (κ1) is 19.0. The first-order chi connectivity index (χ1) is 14.4. The van der Waals surface area contributed by atoms with Gasteiger partial charge in [0.15, 0.2) is 9.84 Å². The molecule has 2 atom stereocenters. The van der Waals surface area contributed by atoms with E-state index in [-0.39, 0.29) is 29.5 Å². The fourth-order valence-electron chi connectivity index (χ4n) is 4.37. The number of sulfone groups is 1. The zero-order valence-corrected chi connectivity index (χ0v) is 16.9. The van der Waals surface area contributed by atoms with Crippen molar-refractivity contribution in [2.45, 2.75) is 12.1 Å². The normalized spacial score (nSPS) is 22.7. The molecule has 2 aromatic carbocycles. The number of amides is 1. The zero-order chi connectivity index (χ0) is 20.9. The average Bonchev–Trinajstić information content (AvgIpc) is 3.06. The zero-order valence-electron chi connectivity index (χ0n) is 16.1. The Kier molecular flexibility index (Phi) is 4.48. The first-order valence-corrected chi connectivity index (χ1v) is 11.6. The number of para-hydroxylation sites is 1. The van der Waals surface area contributed by atoms with Crippen LogP contribution < -0.4 is 10.9 Å². The van der Waals surface area contributed by atoms with Gasteiger partial charge in [-0.3, -0.25) is 4.79 Å². The van der Waals surface area contributed by atoms with Crippen molar-refractivity contribution in [3.63, 3.8) is 0 Å². The first-order valence-electron chi connectivity index (χ1n) is 9.79. The fraction of sp³-hybridized carbons (Fsp3) is 0.273.